The van der Waals surface area contributed by atoms with Crippen LogP contribution in [0.1, 0.15) is 27.7 Å². The minimum absolute atomic E-state index is 0.578. The lowest BCUT2D eigenvalue weighted by Crippen LogP contribution is -2.56. The highest BCUT2D eigenvalue weighted by Crippen LogP contribution is 2.16. The number of rotatable bonds is 12. The molecule has 0 atom stereocenters. The van der Waals surface area contributed by atoms with E-state index in [1.54, 1.807) is 0 Å². The van der Waals surface area contributed by atoms with Crippen molar-refractivity contribution in [1.29, 1.82) is 0 Å². The average molecular weight is 417 g/mol. The second-order valence-electron chi connectivity index (χ2n) is 6.13. The first-order chi connectivity index (χ1) is 13.7. The van der Waals surface area contributed by atoms with Crippen LogP contribution in [-0.4, -0.2) is 43.5 Å². The minimum Gasteiger partial charge on any atom is -0.388 e. The lowest BCUT2D eigenvalue weighted by atomic mass is 10.4. The Balaban J connectivity index is 2.56. The molecule has 6 heteroatoms. The fourth-order valence-corrected chi connectivity index (χ4v) is 9.61. The van der Waals surface area contributed by atoms with Gasteiger partial charge in [0.2, 0.25) is 0 Å². The van der Waals surface area contributed by atoms with Crippen LogP contribution in [0.5, 0.6) is 0 Å². The summed E-state index contributed by atoms with van der Waals surface area (Å²) in [7, 11) is -5.56. The molecular weight excluding hydrogens is 384 g/mol. The molecule has 0 spiro atoms. The molecule has 0 saturated carbocycles. The van der Waals surface area contributed by atoms with Crippen LogP contribution in [-0.2, 0) is 17.7 Å². The number of hydrogen-bond acceptors (Lipinski definition) is 4. The summed E-state index contributed by atoms with van der Waals surface area (Å²) in [5.41, 5.74) is 4.22. The van der Waals surface area contributed by atoms with Crippen LogP contribution in [0.25, 0.3) is 0 Å². The molecule has 0 saturated heterocycles. The number of benzene rings is 2. The standard InChI is InChI=1S/C22H32O4Si2/c1-5-23-27(24-6-2,21-15-11-9-12-16-21)19-20-28(25-7-3,26-8-4)22-17-13-10-14-18-22/h9-20H,5-8H2,1-4H3. The predicted molar refractivity (Wildman–Crippen MR) is 119 cm³/mol. The topological polar surface area (TPSA) is 36.9 Å². The van der Waals surface area contributed by atoms with Gasteiger partial charge in [-0.3, -0.25) is 0 Å². The average Bonchev–Trinajstić information content (AvgIpc) is 2.74. The molecule has 0 aromatic heterocycles. The van der Waals surface area contributed by atoms with Crippen molar-refractivity contribution in [3.63, 3.8) is 0 Å². The summed E-state index contributed by atoms with van der Waals surface area (Å²) in [6.07, 6.45) is 0. The molecular formula is C22H32O4Si2. The summed E-state index contributed by atoms with van der Waals surface area (Å²) in [4.78, 5) is 0. The summed E-state index contributed by atoms with van der Waals surface area (Å²) in [5.74, 6) is 0. The first kappa shape index (κ1) is 22.7. The zero-order chi connectivity index (χ0) is 20.3. The van der Waals surface area contributed by atoms with E-state index in [0.717, 1.165) is 10.4 Å². The molecule has 2 rings (SSSR count). The first-order valence-corrected chi connectivity index (χ1v) is 13.8. The molecule has 0 bridgehead atoms. The van der Waals surface area contributed by atoms with Gasteiger partial charge in [0.25, 0.3) is 0 Å². The van der Waals surface area contributed by atoms with E-state index >= 15 is 0 Å². The van der Waals surface area contributed by atoms with Crippen LogP contribution in [0, 0.1) is 0 Å². The van der Waals surface area contributed by atoms with E-state index < -0.39 is 17.1 Å². The monoisotopic (exact) mass is 416 g/mol. The molecule has 0 aliphatic rings. The highest BCUT2D eigenvalue weighted by Gasteiger charge is 2.42. The van der Waals surface area contributed by atoms with Crippen LogP contribution < -0.4 is 10.4 Å². The van der Waals surface area contributed by atoms with E-state index in [1.165, 1.54) is 0 Å². The van der Waals surface area contributed by atoms with E-state index in [2.05, 4.69) is 35.7 Å². The highest BCUT2D eigenvalue weighted by molar-refractivity contribution is 6.90. The zero-order valence-corrected chi connectivity index (χ0v) is 19.4. The molecule has 0 radical (unpaired) electrons. The summed E-state index contributed by atoms with van der Waals surface area (Å²) in [6, 6.07) is 20.4. The summed E-state index contributed by atoms with van der Waals surface area (Å²) in [5, 5.41) is 2.16. The van der Waals surface area contributed by atoms with Crippen LogP contribution in [0.4, 0.5) is 0 Å². The van der Waals surface area contributed by atoms with Gasteiger partial charge in [-0.2, -0.15) is 0 Å². The molecule has 0 fully saturated rings. The van der Waals surface area contributed by atoms with Crippen molar-refractivity contribution >= 4 is 27.5 Å². The summed E-state index contributed by atoms with van der Waals surface area (Å²) in [6.45, 7) is 10.3. The third-order valence-electron chi connectivity index (χ3n) is 4.31. The van der Waals surface area contributed by atoms with Gasteiger partial charge in [-0.1, -0.05) is 60.7 Å². The third kappa shape index (κ3) is 5.50. The lowest BCUT2D eigenvalue weighted by Gasteiger charge is -2.31. The van der Waals surface area contributed by atoms with Gasteiger partial charge in [0.15, 0.2) is 0 Å². The molecule has 0 unspecified atom stereocenters. The third-order valence-corrected chi connectivity index (χ3v) is 11.0. The Labute approximate surface area is 171 Å². The molecule has 28 heavy (non-hydrogen) atoms. The van der Waals surface area contributed by atoms with Crippen molar-refractivity contribution in [1.82, 2.24) is 0 Å². The predicted octanol–water partition coefficient (Wildman–Crippen LogP) is 3.47. The van der Waals surface area contributed by atoms with Crippen molar-refractivity contribution in [2.24, 2.45) is 0 Å². The van der Waals surface area contributed by atoms with Gasteiger partial charge in [-0.15, -0.1) is 0 Å². The fourth-order valence-electron chi connectivity index (χ4n) is 3.22. The maximum atomic E-state index is 6.28. The summed E-state index contributed by atoms with van der Waals surface area (Å²) < 4.78 is 25.1. The molecule has 2 aromatic rings. The van der Waals surface area contributed by atoms with Gasteiger partial charge in [0, 0.05) is 26.4 Å². The van der Waals surface area contributed by atoms with Gasteiger partial charge < -0.3 is 17.7 Å². The molecule has 0 aliphatic heterocycles. The van der Waals surface area contributed by atoms with Gasteiger partial charge in [0.1, 0.15) is 0 Å². The van der Waals surface area contributed by atoms with E-state index in [1.807, 2.05) is 64.1 Å². The largest absolute Gasteiger partial charge is 0.399 e. The Morgan fingerprint density at radius 1 is 0.536 bits per heavy atom. The second kappa shape index (κ2) is 11.5. The molecule has 0 aliphatic carbocycles. The number of hydrogen-bond donors (Lipinski definition) is 0. The molecule has 2 aromatic carbocycles. The summed E-state index contributed by atoms with van der Waals surface area (Å²) >= 11 is 0. The van der Waals surface area contributed by atoms with Crippen molar-refractivity contribution in [2.45, 2.75) is 27.7 Å². The Morgan fingerprint density at radius 3 is 1.07 bits per heavy atom. The van der Waals surface area contributed by atoms with Crippen LogP contribution >= 0.6 is 0 Å². The van der Waals surface area contributed by atoms with Crippen LogP contribution in [0.15, 0.2) is 72.1 Å². The smallest absolute Gasteiger partial charge is 0.388 e. The van der Waals surface area contributed by atoms with E-state index in [9.17, 15) is 0 Å². The van der Waals surface area contributed by atoms with Gasteiger partial charge in [-0.05, 0) is 49.5 Å². The molecule has 0 amide bonds. The highest BCUT2D eigenvalue weighted by atomic mass is 28.4. The Kier molecular flexibility index (Phi) is 9.30. The van der Waals surface area contributed by atoms with Gasteiger partial charge >= 0.3 is 17.1 Å². The molecule has 152 valence electrons. The van der Waals surface area contributed by atoms with Crippen LogP contribution in [0.3, 0.4) is 0 Å². The normalized spacial score (nSPS) is 12.6. The second-order valence-corrected chi connectivity index (χ2v) is 11.8. The van der Waals surface area contributed by atoms with Gasteiger partial charge in [-0.25, -0.2) is 0 Å². The Hall–Kier alpha value is -1.55. The van der Waals surface area contributed by atoms with E-state index in [-0.39, 0.29) is 0 Å². The Bertz CT molecular complexity index is 633. The first-order valence-electron chi connectivity index (χ1n) is 10.0. The lowest BCUT2D eigenvalue weighted by molar-refractivity contribution is 0.203. The van der Waals surface area contributed by atoms with E-state index in [4.69, 9.17) is 17.7 Å². The van der Waals surface area contributed by atoms with Gasteiger partial charge in [0.05, 0.1) is 0 Å². The molecule has 0 heterocycles. The molecule has 0 N–H and O–H groups in total. The van der Waals surface area contributed by atoms with E-state index in [0.29, 0.717) is 26.4 Å². The molecule has 4 nitrogen and oxygen atoms in total. The van der Waals surface area contributed by atoms with Crippen molar-refractivity contribution in [3.05, 3.63) is 72.1 Å². The van der Waals surface area contributed by atoms with Crippen LogP contribution in [0.2, 0.25) is 0 Å². The van der Waals surface area contributed by atoms with Crippen molar-refractivity contribution in [3.8, 4) is 0 Å². The Morgan fingerprint density at radius 2 is 0.821 bits per heavy atom. The minimum atomic E-state index is -2.78. The quantitative estimate of drug-likeness (QED) is 0.497. The SMILES string of the molecule is CCO[Si](C=C[Si](OCC)(OCC)c1ccccc1)(OCC)c1ccccc1. The zero-order valence-electron chi connectivity index (χ0n) is 17.4. The maximum absolute atomic E-state index is 6.28. The van der Waals surface area contributed by atoms with Crippen molar-refractivity contribution in [2.75, 3.05) is 26.4 Å². The maximum Gasteiger partial charge on any atom is 0.399 e. The van der Waals surface area contributed by atoms with Crippen molar-refractivity contribution < 1.29 is 17.7 Å². The fraction of sp³-hybridized carbons (Fsp3) is 0.364.